The number of amides is 1. The fourth-order valence-electron chi connectivity index (χ4n) is 4.50. The molecule has 0 saturated heterocycles. The van der Waals surface area contributed by atoms with Crippen molar-refractivity contribution in [3.8, 4) is 5.13 Å². The molecule has 4 aromatic rings. The highest BCUT2D eigenvalue weighted by Crippen LogP contribution is 2.29. The van der Waals surface area contributed by atoms with Crippen LogP contribution in [-0.2, 0) is 10.0 Å². The van der Waals surface area contributed by atoms with Crippen molar-refractivity contribution in [1.82, 2.24) is 19.1 Å². The van der Waals surface area contributed by atoms with Crippen LogP contribution in [0.2, 0.25) is 0 Å². The first-order chi connectivity index (χ1) is 17.2. The Morgan fingerprint density at radius 1 is 1.14 bits per heavy atom. The first kappa shape index (κ1) is 24.5. The molecule has 188 valence electrons. The van der Waals surface area contributed by atoms with Crippen LogP contribution in [0.4, 0.5) is 10.2 Å². The van der Waals surface area contributed by atoms with E-state index < -0.39 is 21.7 Å². The van der Waals surface area contributed by atoms with Crippen molar-refractivity contribution in [2.45, 2.75) is 50.0 Å². The van der Waals surface area contributed by atoms with Crippen LogP contribution in [-0.4, -0.2) is 46.5 Å². The van der Waals surface area contributed by atoms with Gasteiger partial charge in [-0.25, -0.2) is 17.8 Å². The normalized spacial score (nSPS) is 15.0. The summed E-state index contributed by atoms with van der Waals surface area (Å²) in [5.41, 5.74) is 1.20. The van der Waals surface area contributed by atoms with Gasteiger partial charge in [0.1, 0.15) is 17.2 Å². The average Bonchev–Trinajstić information content (AvgIpc) is 3.48. The number of rotatable bonds is 6. The van der Waals surface area contributed by atoms with E-state index in [1.54, 1.807) is 32.2 Å². The Balaban J connectivity index is 1.36. The number of nitrogens with zero attached hydrogens (tertiary/aromatic N) is 4. The molecule has 2 aromatic heterocycles. The highest BCUT2D eigenvalue weighted by Gasteiger charge is 2.29. The Morgan fingerprint density at radius 3 is 2.56 bits per heavy atom. The lowest BCUT2D eigenvalue weighted by Crippen LogP contribution is -2.38. The number of anilines is 1. The van der Waals surface area contributed by atoms with Gasteiger partial charge in [-0.2, -0.15) is 14.1 Å². The van der Waals surface area contributed by atoms with E-state index in [1.165, 1.54) is 50.7 Å². The maximum Gasteiger partial charge on any atom is 0.256 e. The number of benzene rings is 2. The lowest BCUT2D eigenvalue weighted by atomic mass is 9.96. The Kier molecular flexibility index (Phi) is 6.62. The molecule has 11 heteroatoms. The number of halogens is 1. The monoisotopic (exact) mass is 527 g/mol. The summed E-state index contributed by atoms with van der Waals surface area (Å²) in [5.74, 6) is -0.465. The number of sulfonamides is 1. The van der Waals surface area contributed by atoms with Crippen LogP contribution in [0, 0.1) is 12.7 Å². The van der Waals surface area contributed by atoms with Gasteiger partial charge >= 0.3 is 0 Å². The molecule has 1 aliphatic rings. The molecule has 2 aromatic carbocycles. The van der Waals surface area contributed by atoms with E-state index in [-0.39, 0.29) is 16.5 Å². The second-order valence-electron chi connectivity index (χ2n) is 8.96. The van der Waals surface area contributed by atoms with E-state index in [1.807, 2.05) is 0 Å². The molecule has 36 heavy (non-hydrogen) atoms. The topological polar surface area (TPSA) is 97.2 Å². The molecule has 0 bridgehead atoms. The molecule has 1 saturated carbocycles. The van der Waals surface area contributed by atoms with Crippen LogP contribution >= 0.6 is 11.3 Å². The van der Waals surface area contributed by atoms with Gasteiger partial charge in [-0.1, -0.05) is 36.7 Å². The SMILES string of the molecule is Cc1cc(NC(=O)c2ccc(S(=O)(=O)N(C)C3CCCCC3)cc2)n(-c2nc3c(F)cccc3s2)n1. The van der Waals surface area contributed by atoms with Crippen molar-refractivity contribution in [1.29, 1.82) is 0 Å². The second kappa shape index (κ2) is 9.72. The molecule has 0 radical (unpaired) electrons. The molecule has 0 aliphatic heterocycles. The van der Waals surface area contributed by atoms with Crippen LogP contribution in [0.25, 0.3) is 15.3 Å². The number of nitrogens with one attached hydrogen (secondary N) is 1. The standard InChI is InChI=1S/C25H26FN5O3S2/c1-16-15-22(31(29-16)25-28-23-20(26)9-6-10-21(23)35-25)27-24(32)17-11-13-19(14-12-17)36(33,34)30(2)18-7-4-3-5-8-18/h6,9-15,18H,3-5,7-8H2,1-2H3,(H,27,32). The molecule has 1 amide bonds. The quantitative estimate of drug-likeness (QED) is 0.375. The van der Waals surface area contributed by atoms with Crippen LogP contribution in [0.3, 0.4) is 0 Å². The van der Waals surface area contributed by atoms with E-state index >= 15 is 0 Å². The van der Waals surface area contributed by atoms with Crippen molar-refractivity contribution in [2.24, 2.45) is 0 Å². The number of hydrogen-bond acceptors (Lipinski definition) is 6. The second-order valence-corrected chi connectivity index (χ2v) is 12.0. The van der Waals surface area contributed by atoms with Gasteiger partial charge in [-0.3, -0.25) is 4.79 Å². The van der Waals surface area contributed by atoms with Crippen molar-refractivity contribution in [3.05, 3.63) is 65.6 Å². The minimum Gasteiger partial charge on any atom is -0.306 e. The van der Waals surface area contributed by atoms with Gasteiger partial charge < -0.3 is 5.32 Å². The third-order valence-electron chi connectivity index (χ3n) is 6.50. The zero-order valence-electron chi connectivity index (χ0n) is 19.9. The van der Waals surface area contributed by atoms with E-state index in [9.17, 15) is 17.6 Å². The van der Waals surface area contributed by atoms with Crippen LogP contribution in [0.1, 0.15) is 48.2 Å². The molecule has 0 unspecified atom stereocenters. The smallest absolute Gasteiger partial charge is 0.256 e. The number of para-hydroxylation sites is 1. The Morgan fingerprint density at radius 2 is 1.86 bits per heavy atom. The van der Waals surface area contributed by atoms with Crippen molar-refractivity contribution in [2.75, 3.05) is 12.4 Å². The summed E-state index contributed by atoms with van der Waals surface area (Å²) in [5, 5.41) is 7.64. The fraction of sp³-hybridized carbons (Fsp3) is 0.320. The summed E-state index contributed by atoms with van der Waals surface area (Å²) in [6, 6.07) is 12.4. The molecule has 1 N–H and O–H groups in total. The average molecular weight is 528 g/mol. The molecular formula is C25H26FN5O3S2. The van der Waals surface area contributed by atoms with E-state index in [0.717, 1.165) is 32.1 Å². The Bertz CT molecular complexity index is 1520. The number of aromatic nitrogens is 3. The number of carbonyl (C=O) groups excluding carboxylic acids is 1. The summed E-state index contributed by atoms with van der Waals surface area (Å²) >= 11 is 1.26. The summed E-state index contributed by atoms with van der Waals surface area (Å²) in [6.45, 7) is 1.78. The predicted molar refractivity (Wildman–Crippen MR) is 138 cm³/mol. The predicted octanol–water partition coefficient (Wildman–Crippen LogP) is 5.14. The van der Waals surface area contributed by atoms with Crippen molar-refractivity contribution in [3.63, 3.8) is 0 Å². The van der Waals surface area contributed by atoms with Gasteiger partial charge in [0.15, 0.2) is 0 Å². The molecule has 1 aliphatic carbocycles. The molecule has 8 nitrogen and oxygen atoms in total. The number of carbonyl (C=O) groups is 1. The molecule has 1 fully saturated rings. The summed E-state index contributed by atoms with van der Waals surface area (Å²) in [7, 11) is -2.02. The third kappa shape index (κ3) is 4.65. The molecule has 2 heterocycles. The summed E-state index contributed by atoms with van der Waals surface area (Å²) in [6.07, 6.45) is 4.94. The van der Waals surface area contributed by atoms with Crippen molar-refractivity contribution < 1.29 is 17.6 Å². The lowest BCUT2D eigenvalue weighted by molar-refractivity contribution is 0.102. The van der Waals surface area contributed by atoms with Gasteiger partial charge in [-0.05, 0) is 56.2 Å². The lowest BCUT2D eigenvalue weighted by Gasteiger charge is -2.30. The minimum absolute atomic E-state index is 0.00577. The number of hydrogen-bond donors (Lipinski definition) is 1. The van der Waals surface area contributed by atoms with Gasteiger partial charge in [0.05, 0.1) is 15.3 Å². The van der Waals surface area contributed by atoms with Crippen LogP contribution in [0.5, 0.6) is 0 Å². The molecule has 5 rings (SSSR count). The third-order valence-corrected chi connectivity index (χ3v) is 9.42. The van der Waals surface area contributed by atoms with Gasteiger partial charge in [0.25, 0.3) is 5.91 Å². The Hall–Kier alpha value is -3.15. The van der Waals surface area contributed by atoms with Crippen LogP contribution < -0.4 is 5.32 Å². The summed E-state index contributed by atoms with van der Waals surface area (Å²) < 4.78 is 43.9. The maximum absolute atomic E-state index is 14.1. The van der Waals surface area contributed by atoms with Gasteiger partial charge in [0, 0.05) is 24.7 Å². The molecule has 0 atom stereocenters. The minimum atomic E-state index is -3.65. The van der Waals surface area contributed by atoms with E-state index in [4.69, 9.17) is 0 Å². The number of fused-ring (bicyclic) bond motifs is 1. The van der Waals surface area contributed by atoms with Gasteiger partial charge in [-0.15, -0.1) is 0 Å². The van der Waals surface area contributed by atoms with Crippen LogP contribution in [0.15, 0.2) is 53.4 Å². The van der Waals surface area contributed by atoms with Gasteiger partial charge in [0.2, 0.25) is 15.2 Å². The number of aryl methyl sites for hydroxylation is 1. The zero-order valence-corrected chi connectivity index (χ0v) is 21.6. The van der Waals surface area contributed by atoms with E-state index in [2.05, 4.69) is 15.4 Å². The largest absolute Gasteiger partial charge is 0.306 e. The zero-order chi connectivity index (χ0) is 25.4. The Labute approximate surface area is 212 Å². The fourth-order valence-corrected chi connectivity index (χ4v) is 6.86. The highest BCUT2D eigenvalue weighted by atomic mass is 32.2. The molecule has 0 spiro atoms. The number of thiazole rings is 1. The first-order valence-electron chi connectivity index (χ1n) is 11.8. The van der Waals surface area contributed by atoms with E-state index in [0.29, 0.717) is 26.9 Å². The highest BCUT2D eigenvalue weighted by molar-refractivity contribution is 7.89. The van der Waals surface area contributed by atoms with Crippen molar-refractivity contribution >= 4 is 43.3 Å². The maximum atomic E-state index is 14.1. The first-order valence-corrected chi connectivity index (χ1v) is 14.0. The molecular weight excluding hydrogens is 501 g/mol. The summed E-state index contributed by atoms with van der Waals surface area (Å²) in [4.78, 5) is 17.5.